The predicted octanol–water partition coefficient (Wildman–Crippen LogP) is 2.96. The van der Waals surface area contributed by atoms with Crippen LogP contribution in [-0.4, -0.2) is 18.1 Å². The third-order valence-electron chi connectivity index (χ3n) is 1.90. The Morgan fingerprint density at radius 2 is 1.94 bits per heavy atom. The van der Waals surface area contributed by atoms with E-state index < -0.39 is 41.3 Å². The molecule has 0 spiro atoms. The van der Waals surface area contributed by atoms with Crippen molar-refractivity contribution in [3.8, 4) is 0 Å². The molecule has 18 heavy (non-hydrogen) atoms. The Balaban J connectivity index is 3.52. The number of aromatic nitrogens is 1. The lowest BCUT2D eigenvalue weighted by molar-refractivity contribution is -0.141. The van der Waals surface area contributed by atoms with Gasteiger partial charge in [-0.05, 0) is 0 Å². The molecule has 3 nitrogen and oxygen atoms in total. The summed E-state index contributed by atoms with van der Waals surface area (Å²) in [6.07, 6.45) is -8.56. The molecule has 0 aliphatic carbocycles. The first-order valence-corrected chi connectivity index (χ1v) is 4.32. The van der Waals surface area contributed by atoms with Gasteiger partial charge in [0.2, 0.25) is 0 Å². The fourth-order valence-electron chi connectivity index (χ4n) is 1.13. The third-order valence-corrected chi connectivity index (χ3v) is 1.90. The Bertz CT molecular complexity index is 471. The van der Waals surface area contributed by atoms with E-state index in [1.807, 2.05) is 0 Å². The fraction of sp³-hybridized carbons (Fsp3) is 0.333. The topological polar surface area (TPSA) is 39.2 Å². The molecule has 0 aliphatic heterocycles. The quantitative estimate of drug-likeness (QED) is 0.614. The van der Waals surface area contributed by atoms with Gasteiger partial charge in [-0.2, -0.15) is 13.2 Å². The van der Waals surface area contributed by atoms with Crippen LogP contribution in [0.15, 0.2) is 6.07 Å². The van der Waals surface area contributed by atoms with E-state index in [9.17, 15) is 31.1 Å². The van der Waals surface area contributed by atoms with Crippen LogP contribution in [-0.2, 0) is 10.9 Å². The largest absolute Gasteiger partial charge is 0.464 e. The fourth-order valence-corrected chi connectivity index (χ4v) is 1.13. The second-order valence-corrected chi connectivity index (χ2v) is 3.04. The first-order chi connectivity index (χ1) is 8.18. The zero-order valence-corrected chi connectivity index (χ0v) is 8.69. The van der Waals surface area contributed by atoms with Crippen LogP contribution >= 0.6 is 0 Å². The molecule has 0 radical (unpaired) electrons. The summed E-state index contributed by atoms with van der Waals surface area (Å²) in [4.78, 5) is 13.7. The number of hydrogen-bond donors (Lipinski definition) is 0. The Morgan fingerprint density at radius 3 is 2.33 bits per heavy atom. The third kappa shape index (κ3) is 2.71. The summed E-state index contributed by atoms with van der Waals surface area (Å²) in [5, 5.41) is 0. The molecule has 1 heterocycles. The summed E-state index contributed by atoms with van der Waals surface area (Å²) in [6, 6.07) is -0.200. The second kappa shape index (κ2) is 4.83. The maximum absolute atomic E-state index is 13.2. The molecule has 0 aromatic carbocycles. The van der Waals surface area contributed by atoms with Crippen LogP contribution < -0.4 is 0 Å². The Morgan fingerprint density at radius 1 is 1.39 bits per heavy atom. The van der Waals surface area contributed by atoms with Crippen molar-refractivity contribution >= 4 is 5.97 Å². The summed E-state index contributed by atoms with van der Waals surface area (Å²) in [6.45, 7) is 0. The van der Waals surface area contributed by atoms with Crippen LogP contribution in [0.4, 0.5) is 26.3 Å². The highest BCUT2D eigenvalue weighted by atomic mass is 19.4. The molecule has 0 N–H and O–H groups in total. The van der Waals surface area contributed by atoms with Gasteiger partial charge in [-0.25, -0.2) is 22.9 Å². The molecular formula is C9H5F6NO2. The van der Waals surface area contributed by atoms with Crippen LogP contribution in [0.2, 0.25) is 0 Å². The van der Waals surface area contributed by atoms with Crippen molar-refractivity contribution in [2.45, 2.75) is 12.6 Å². The van der Waals surface area contributed by atoms with E-state index in [2.05, 4.69) is 9.72 Å². The molecule has 0 atom stereocenters. The molecule has 0 amide bonds. The SMILES string of the molecule is COC(=O)c1nc(C(F)(F)F)cc(F)c1C(F)F. The zero-order valence-electron chi connectivity index (χ0n) is 8.69. The van der Waals surface area contributed by atoms with Crippen LogP contribution in [0.5, 0.6) is 0 Å². The normalized spacial score (nSPS) is 11.8. The standard InChI is InChI=1S/C9H5F6NO2/c1-18-8(17)6-5(7(11)12)3(10)2-4(16-6)9(13,14)15/h2,7H,1H3. The van der Waals surface area contributed by atoms with Crippen molar-refractivity contribution in [1.82, 2.24) is 4.98 Å². The number of carbonyl (C=O) groups is 1. The molecule has 0 aliphatic rings. The van der Waals surface area contributed by atoms with E-state index >= 15 is 0 Å². The molecule has 0 fully saturated rings. The Labute approximate surface area is 96.4 Å². The van der Waals surface area contributed by atoms with Crippen molar-refractivity contribution in [2.24, 2.45) is 0 Å². The summed E-state index contributed by atoms with van der Waals surface area (Å²) in [5.41, 5.74) is -4.69. The minimum absolute atomic E-state index is 0.200. The average Bonchev–Trinajstić information content (AvgIpc) is 2.25. The smallest absolute Gasteiger partial charge is 0.433 e. The van der Waals surface area contributed by atoms with E-state index in [-0.39, 0.29) is 6.07 Å². The molecule has 0 bridgehead atoms. The van der Waals surface area contributed by atoms with Crippen molar-refractivity contribution in [1.29, 1.82) is 0 Å². The molecule has 9 heteroatoms. The molecule has 0 unspecified atom stereocenters. The van der Waals surface area contributed by atoms with Gasteiger partial charge < -0.3 is 4.74 Å². The number of pyridine rings is 1. The second-order valence-electron chi connectivity index (χ2n) is 3.04. The first-order valence-electron chi connectivity index (χ1n) is 4.32. The van der Waals surface area contributed by atoms with Gasteiger partial charge in [-0.3, -0.25) is 0 Å². The summed E-state index contributed by atoms with van der Waals surface area (Å²) >= 11 is 0. The first kappa shape index (κ1) is 14.3. The van der Waals surface area contributed by atoms with Gasteiger partial charge in [0.1, 0.15) is 11.5 Å². The minimum Gasteiger partial charge on any atom is -0.464 e. The van der Waals surface area contributed by atoms with Gasteiger partial charge >= 0.3 is 12.1 Å². The number of esters is 1. The highest BCUT2D eigenvalue weighted by Gasteiger charge is 2.37. The monoisotopic (exact) mass is 273 g/mol. The minimum atomic E-state index is -5.07. The Hall–Kier alpha value is -1.80. The van der Waals surface area contributed by atoms with E-state index in [0.29, 0.717) is 0 Å². The lowest BCUT2D eigenvalue weighted by Gasteiger charge is -2.11. The summed E-state index contributed by atoms with van der Waals surface area (Å²) in [5.74, 6) is -3.44. The van der Waals surface area contributed by atoms with Gasteiger partial charge in [-0.15, -0.1) is 0 Å². The van der Waals surface area contributed by atoms with E-state index in [4.69, 9.17) is 0 Å². The number of alkyl halides is 5. The maximum Gasteiger partial charge on any atom is 0.433 e. The molecular weight excluding hydrogens is 268 g/mol. The molecule has 0 saturated heterocycles. The highest BCUT2D eigenvalue weighted by Crippen LogP contribution is 2.32. The lowest BCUT2D eigenvalue weighted by Crippen LogP contribution is -2.17. The number of methoxy groups -OCH3 is 1. The number of nitrogens with zero attached hydrogens (tertiary/aromatic N) is 1. The van der Waals surface area contributed by atoms with E-state index in [1.54, 1.807) is 0 Å². The van der Waals surface area contributed by atoms with Crippen LogP contribution in [0.3, 0.4) is 0 Å². The van der Waals surface area contributed by atoms with Crippen molar-refractivity contribution in [3.05, 3.63) is 28.8 Å². The van der Waals surface area contributed by atoms with Crippen molar-refractivity contribution in [3.63, 3.8) is 0 Å². The number of ether oxygens (including phenoxy) is 1. The lowest BCUT2D eigenvalue weighted by atomic mass is 10.1. The van der Waals surface area contributed by atoms with Crippen molar-refractivity contribution < 1.29 is 35.9 Å². The van der Waals surface area contributed by atoms with Gasteiger partial charge in [0, 0.05) is 6.07 Å². The molecule has 1 aromatic rings. The summed E-state index contributed by atoms with van der Waals surface area (Å²) in [7, 11) is 0.747. The molecule has 0 saturated carbocycles. The van der Waals surface area contributed by atoms with Gasteiger partial charge in [-0.1, -0.05) is 0 Å². The number of rotatable bonds is 2. The Kier molecular flexibility index (Phi) is 3.82. The van der Waals surface area contributed by atoms with Gasteiger partial charge in [0.05, 0.1) is 12.7 Å². The molecule has 1 rings (SSSR count). The van der Waals surface area contributed by atoms with Crippen LogP contribution in [0.1, 0.15) is 28.2 Å². The molecule has 100 valence electrons. The van der Waals surface area contributed by atoms with Gasteiger partial charge in [0.25, 0.3) is 6.43 Å². The predicted molar refractivity (Wildman–Crippen MR) is 45.5 cm³/mol. The van der Waals surface area contributed by atoms with Gasteiger partial charge in [0.15, 0.2) is 5.69 Å². The van der Waals surface area contributed by atoms with E-state index in [0.717, 1.165) is 7.11 Å². The number of carbonyl (C=O) groups excluding carboxylic acids is 1. The molecule has 1 aromatic heterocycles. The van der Waals surface area contributed by atoms with Crippen LogP contribution in [0, 0.1) is 5.82 Å². The van der Waals surface area contributed by atoms with E-state index in [1.165, 1.54) is 0 Å². The van der Waals surface area contributed by atoms with Crippen molar-refractivity contribution in [2.75, 3.05) is 7.11 Å². The number of hydrogen-bond acceptors (Lipinski definition) is 3. The number of halogens is 6. The average molecular weight is 273 g/mol. The van der Waals surface area contributed by atoms with Crippen LogP contribution in [0.25, 0.3) is 0 Å². The highest BCUT2D eigenvalue weighted by molar-refractivity contribution is 5.89. The summed E-state index contributed by atoms with van der Waals surface area (Å²) < 4.78 is 78.9. The zero-order chi connectivity index (χ0) is 14.1. The maximum atomic E-state index is 13.2.